The summed E-state index contributed by atoms with van der Waals surface area (Å²) in [5, 5.41) is 9.36. The first kappa shape index (κ1) is 14.0. The summed E-state index contributed by atoms with van der Waals surface area (Å²) in [5.74, 6) is -1.11. The van der Waals surface area contributed by atoms with Crippen molar-refractivity contribution in [2.45, 2.75) is 19.3 Å². The van der Waals surface area contributed by atoms with E-state index in [0.29, 0.717) is 16.7 Å². The fourth-order valence-electron chi connectivity index (χ4n) is 2.09. The van der Waals surface area contributed by atoms with Crippen LogP contribution in [-0.4, -0.2) is 16.9 Å². The van der Waals surface area contributed by atoms with Gasteiger partial charge in [0.05, 0.1) is 5.41 Å². The molecule has 0 saturated carbocycles. The first-order valence-corrected chi connectivity index (χ1v) is 6.37. The first-order chi connectivity index (χ1) is 9.44. The highest BCUT2D eigenvalue weighted by Crippen LogP contribution is 2.28. The van der Waals surface area contributed by atoms with Gasteiger partial charge < -0.3 is 5.11 Å². The van der Waals surface area contributed by atoms with Crippen molar-refractivity contribution in [2.75, 3.05) is 0 Å². The molecular formula is C17H16O3. The summed E-state index contributed by atoms with van der Waals surface area (Å²) in [5.41, 5.74) is 0.412. The fraction of sp³-hybridized carbons (Fsp3) is 0.176. The molecule has 102 valence electrons. The van der Waals surface area contributed by atoms with E-state index < -0.39 is 11.4 Å². The number of ketones is 1. The number of carbonyl (C=O) groups excluding carboxylic acids is 1. The monoisotopic (exact) mass is 268 g/mol. The van der Waals surface area contributed by atoms with Gasteiger partial charge in [0.2, 0.25) is 0 Å². The number of benzene rings is 2. The molecule has 0 unspecified atom stereocenters. The van der Waals surface area contributed by atoms with Crippen LogP contribution in [0.25, 0.3) is 0 Å². The Labute approximate surface area is 117 Å². The first-order valence-electron chi connectivity index (χ1n) is 6.37. The molecule has 0 saturated heterocycles. The Balaban J connectivity index is 2.54. The van der Waals surface area contributed by atoms with Crippen LogP contribution in [0.4, 0.5) is 0 Å². The van der Waals surface area contributed by atoms with Crippen molar-refractivity contribution in [1.82, 2.24) is 0 Å². The van der Waals surface area contributed by atoms with Crippen LogP contribution >= 0.6 is 0 Å². The molecule has 2 aromatic carbocycles. The SMILES string of the molecule is CC(C)(C(=O)O)c1ccccc1C(=O)c1ccccc1. The predicted octanol–water partition coefficient (Wildman–Crippen LogP) is 3.28. The number of carboxylic acids is 1. The highest BCUT2D eigenvalue weighted by atomic mass is 16.4. The lowest BCUT2D eigenvalue weighted by Crippen LogP contribution is -2.30. The van der Waals surface area contributed by atoms with Crippen molar-refractivity contribution >= 4 is 11.8 Å². The summed E-state index contributed by atoms with van der Waals surface area (Å²) in [6.45, 7) is 3.21. The second-order valence-electron chi connectivity index (χ2n) is 5.17. The summed E-state index contributed by atoms with van der Waals surface area (Å²) in [6, 6.07) is 15.7. The predicted molar refractivity (Wildman–Crippen MR) is 77.0 cm³/mol. The van der Waals surface area contributed by atoms with Crippen molar-refractivity contribution in [3.63, 3.8) is 0 Å². The summed E-state index contributed by atoms with van der Waals surface area (Å²) in [4.78, 5) is 24.0. The number of hydrogen-bond donors (Lipinski definition) is 1. The van der Waals surface area contributed by atoms with Gasteiger partial charge in [-0.1, -0.05) is 54.6 Å². The second-order valence-corrected chi connectivity index (χ2v) is 5.17. The molecule has 0 radical (unpaired) electrons. The van der Waals surface area contributed by atoms with Crippen LogP contribution in [0.15, 0.2) is 54.6 Å². The Bertz CT molecular complexity index is 642. The largest absolute Gasteiger partial charge is 0.481 e. The molecule has 0 atom stereocenters. The van der Waals surface area contributed by atoms with Gasteiger partial charge in [-0.3, -0.25) is 9.59 Å². The molecule has 0 aliphatic rings. The third-order valence-electron chi connectivity index (χ3n) is 3.42. The lowest BCUT2D eigenvalue weighted by molar-refractivity contribution is -0.142. The fourth-order valence-corrected chi connectivity index (χ4v) is 2.09. The van der Waals surface area contributed by atoms with E-state index in [1.165, 1.54) is 0 Å². The number of hydrogen-bond acceptors (Lipinski definition) is 2. The summed E-state index contributed by atoms with van der Waals surface area (Å²) >= 11 is 0. The van der Waals surface area contributed by atoms with Gasteiger partial charge >= 0.3 is 5.97 Å². The topological polar surface area (TPSA) is 54.4 Å². The van der Waals surface area contributed by atoms with Gasteiger partial charge in [-0.15, -0.1) is 0 Å². The Kier molecular flexibility index (Phi) is 3.70. The highest BCUT2D eigenvalue weighted by molar-refractivity contribution is 6.10. The van der Waals surface area contributed by atoms with Crippen LogP contribution in [0, 0.1) is 0 Å². The molecular weight excluding hydrogens is 252 g/mol. The molecule has 0 heterocycles. The number of carbonyl (C=O) groups is 2. The average Bonchev–Trinajstić information content (AvgIpc) is 2.47. The van der Waals surface area contributed by atoms with Gasteiger partial charge in [-0.25, -0.2) is 0 Å². The third-order valence-corrected chi connectivity index (χ3v) is 3.42. The Morgan fingerprint density at radius 2 is 1.45 bits per heavy atom. The molecule has 3 heteroatoms. The molecule has 20 heavy (non-hydrogen) atoms. The molecule has 0 bridgehead atoms. The van der Waals surface area contributed by atoms with E-state index in [1.807, 2.05) is 6.07 Å². The maximum Gasteiger partial charge on any atom is 0.313 e. The summed E-state index contributed by atoms with van der Waals surface area (Å²) in [7, 11) is 0. The highest BCUT2D eigenvalue weighted by Gasteiger charge is 2.33. The van der Waals surface area contributed by atoms with Crippen LogP contribution in [0.2, 0.25) is 0 Å². The second kappa shape index (κ2) is 5.29. The molecule has 3 nitrogen and oxygen atoms in total. The number of aliphatic carboxylic acids is 1. The molecule has 0 spiro atoms. The van der Waals surface area contributed by atoms with E-state index >= 15 is 0 Å². The zero-order chi connectivity index (χ0) is 14.8. The minimum atomic E-state index is -1.11. The van der Waals surface area contributed by atoms with E-state index in [-0.39, 0.29) is 5.78 Å². The maximum atomic E-state index is 12.5. The molecule has 2 aromatic rings. The van der Waals surface area contributed by atoms with Crippen molar-refractivity contribution in [3.05, 3.63) is 71.3 Å². The lowest BCUT2D eigenvalue weighted by atomic mass is 9.80. The van der Waals surface area contributed by atoms with Crippen LogP contribution in [0.3, 0.4) is 0 Å². The molecule has 0 fully saturated rings. The van der Waals surface area contributed by atoms with Crippen LogP contribution < -0.4 is 0 Å². The van der Waals surface area contributed by atoms with Gasteiger partial charge in [-0.05, 0) is 19.4 Å². The minimum Gasteiger partial charge on any atom is -0.481 e. The van der Waals surface area contributed by atoms with Crippen molar-refractivity contribution in [1.29, 1.82) is 0 Å². The Morgan fingerprint density at radius 1 is 0.900 bits per heavy atom. The van der Waals surface area contributed by atoms with Gasteiger partial charge in [-0.2, -0.15) is 0 Å². The molecule has 0 aliphatic carbocycles. The van der Waals surface area contributed by atoms with Crippen LogP contribution in [-0.2, 0) is 10.2 Å². The maximum absolute atomic E-state index is 12.5. The molecule has 0 aromatic heterocycles. The van der Waals surface area contributed by atoms with E-state index in [0.717, 1.165) is 0 Å². The minimum absolute atomic E-state index is 0.157. The Morgan fingerprint density at radius 3 is 2.05 bits per heavy atom. The lowest BCUT2D eigenvalue weighted by Gasteiger charge is -2.22. The smallest absolute Gasteiger partial charge is 0.313 e. The number of carboxylic acid groups (broad SMARTS) is 1. The van der Waals surface area contributed by atoms with E-state index in [9.17, 15) is 14.7 Å². The van der Waals surface area contributed by atoms with E-state index in [4.69, 9.17) is 0 Å². The summed E-state index contributed by atoms with van der Waals surface area (Å²) < 4.78 is 0. The molecule has 0 aliphatic heterocycles. The van der Waals surface area contributed by atoms with Gasteiger partial charge in [0.25, 0.3) is 0 Å². The molecule has 0 amide bonds. The quantitative estimate of drug-likeness (QED) is 0.866. The summed E-state index contributed by atoms with van der Waals surface area (Å²) in [6.07, 6.45) is 0. The van der Waals surface area contributed by atoms with Gasteiger partial charge in [0, 0.05) is 11.1 Å². The van der Waals surface area contributed by atoms with Crippen molar-refractivity contribution < 1.29 is 14.7 Å². The van der Waals surface area contributed by atoms with Crippen LogP contribution in [0.5, 0.6) is 0 Å². The van der Waals surface area contributed by atoms with E-state index in [1.54, 1.807) is 62.4 Å². The number of rotatable bonds is 4. The zero-order valence-corrected chi connectivity index (χ0v) is 11.5. The molecule has 2 rings (SSSR count). The Hall–Kier alpha value is -2.42. The average molecular weight is 268 g/mol. The normalized spacial score (nSPS) is 11.1. The van der Waals surface area contributed by atoms with Crippen LogP contribution in [0.1, 0.15) is 35.3 Å². The third kappa shape index (κ3) is 2.48. The standard InChI is InChI=1S/C17H16O3/c1-17(2,16(19)20)14-11-7-6-10-13(14)15(18)12-8-4-3-5-9-12/h3-11H,1-2H3,(H,19,20). The van der Waals surface area contributed by atoms with Gasteiger partial charge in [0.15, 0.2) is 5.78 Å². The van der Waals surface area contributed by atoms with E-state index in [2.05, 4.69) is 0 Å². The zero-order valence-electron chi connectivity index (χ0n) is 11.5. The van der Waals surface area contributed by atoms with Crippen molar-refractivity contribution in [2.24, 2.45) is 0 Å². The van der Waals surface area contributed by atoms with Gasteiger partial charge in [0.1, 0.15) is 0 Å². The van der Waals surface area contributed by atoms with Crippen molar-refractivity contribution in [3.8, 4) is 0 Å². The molecule has 1 N–H and O–H groups in total.